The van der Waals surface area contributed by atoms with Gasteiger partial charge in [-0.25, -0.2) is 0 Å². The molecule has 0 atom stereocenters. The number of aryl methyl sites for hydroxylation is 1. The molecule has 0 radical (unpaired) electrons. The van der Waals surface area contributed by atoms with Crippen molar-refractivity contribution >= 4 is 0 Å². The third-order valence-corrected chi connectivity index (χ3v) is 6.76. The fraction of sp³-hybridized carbons (Fsp3) is 0.714. The Labute approximate surface area is 136 Å². The second-order valence-corrected chi connectivity index (χ2v) is 7.97. The van der Waals surface area contributed by atoms with Gasteiger partial charge in [0.05, 0.1) is 0 Å². The molecular weight excluding hydrogens is 266 g/mol. The van der Waals surface area contributed by atoms with E-state index in [0.29, 0.717) is 5.41 Å². The summed E-state index contributed by atoms with van der Waals surface area (Å²) in [5.41, 5.74) is 3.91. The molecule has 22 heavy (non-hydrogen) atoms. The fourth-order valence-electron chi connectivity index (χ4n) is 5.51. The van der Waals surface area contributed by atoms with Gasteiger partial charge in [0.15, 0.2) is 0 Å². The summed E-state index contributed by atoms with van der Waals surface area (Å²) in [5, 5.41) is 0. The van der Waals surface area contributed by atoms with E-state index >= 15 is 0 Å². The van der Waals surface area contributed by atoms with Crippen LogP contribution in [0.5, 0.6) is 0 Å². The standard InChI is InChI=1S/C21H31N/c1-2-6-17-22(16-5-1)19-11-14-21(15-12-19)13-7-9-18-8-3-4-10-20(18)21/h3-4,8,10,19H,1-2,5-7,9,11-17H2. The average molecular weight is 297 g/mol. The Morgan fingerprint density at radius 1 is 0.818 bits per heavy atom. The zero-order chi connectivity index (χ0) is 14.8. The SMILES string of the molecule is c1ccc2c(c1)CCCC21CCC(N2CCCCCC2)CC1. The van der Waals surface area contributed by atoms with Crippen molar-refractivity contribution in [2.24, 2.45) is 0 Å². The minimum atomic E-state index is 0.539. The van der Waals surface area contributed by atoms with E-state index in [1.54, 1.807) is 11.1 Å². The highest BCUT2D eigenvalue weighted by molar-refractivity contribution is 5.37. The Morgan fingerprint density at radius 3 is 2.32 bits per heavy atom. The minimum absolute atomic E-state index is 0.539. The van der Waals surface area contributed by atoms with E-state index < -0.39 is 0 Å². The van der Waals surface area contributed by atoms with E-state index in [0.717, 1.165) is 6.04 Å². The Bertz CT molecular complexity index is 490. The van der Waals surface area contributed by atoms with Crippen LogP contribution in [0.15, 0.2) is 24.3 Å². The number of fused-ring (bicyclic) bond motifs is 2. The zero-order valence-electron chi connectivity index (χ0n) is 14.0. The van der Waals surface area contributed by atoms with Crippen molar-refractivity contribution in [2.45, 2.75) is 82.1 Å². The van der Waals surface area contributed by atoms with Crippen molar-refractivity contribution in [2.75, 3.05) is 13.1 Å². The first-order chi connectivity index (χ1) is 10.9. The molecule has 0 bridgehead atoms. The molecule has 1 saturated heterocycles. The van der Waals surface area contributed by atoms with Crippen LogP contribution in [0.1, 0.15) is 75.3 Å². The van der Waals surface area contributed by atoms with Gasteiger partial charge in [-0.2, -0.15) is 0 Å². The molecule has 1 aliphatic heterocycles. The Hall–Kier alpha value is -0.820. The lowest BCUT2D eigenvalue weighted by Crippen LogP contribution is -2.44. The predicted octanol–water partition coefficient (Wildman–Crippen LogP) is 5.08. The van der Waals surface area contributed by atoms with Crippen LogP contribution in [-0.2, 0) is 11.8 Å². The van der Waals surface area contributed by atoms with Crippen LogP contribution in [0.3, 0.4) is 0 Å². The van der Waals surface area contributed by atoms with E-state index in [9.17, 15) is 0 Å². The lowest BCUT2D eigenvalue weighted by molar-refractivity contribution is 0.118. The molecular formula is C21H31N. The van der Waals surface area contributed by atoms with Gasteiger partial charge in [0.1, 0.15) is 0 Å². The van der Waals surface area contributed by atoms with Gasteiger partial charge in [-0.15, -0.1) is 0 Å². The molecule has 4 rings (SSSR count). The second kappa shape index (κ2) is 6.35. The van der Waals surface area contributed by atoms with Gasteiger partial charge < -0.3 is 4.90 Å². The molecule has 1 aromatic rings. The molecule has 1 heterocycles. The Kier molecular flexibility index (Phi) is 4.26. The molecule has 1 heteroatoms. The number of hydrogen-bond donors (Lipinski definition) is 0. The third kappa shape index (κ3) is 2.73. The van der Waals surface area contributed by atoms with E-state index in [-0.39, 0.29) is 0 Å². The van der Waals surface area contributed by atoms with Gasteiger partial charge in [-0.05, 0) is 87.4 Å². The fourth-order valence-corrected chi connectivity index (χ4v) is 5.51. The van der Waals surface area contributed by atoms with E-state index in [1.165, 1.54) is 83.7 Å². The van der Waals surface area contributed by atoms with Gasteiger partial charge in [0, 0.05) is 6.04 Å². The molecule has 120 valence electrons. The molecule has 0 N–H and O–H groups in total. The summed E-state index contributed by atoms with van der Waals surface area (Å²) in [5.74, 6) is 0. The number of rotatable bonds is 1. The summed E-state index contributed by atoms with van der Waals surface area (Å²) in [6, 6.07) is 10.2. The molecule has 2 aliphatic carbocycles. The topological polar surface area (TPSA) is 3.24 Å². The Balaban J connectivity index is 1.47. The highest BCUT2D eigenvalue weighted by Gasteiger charge is 2.40. The zero-order valence-corrected chi connectivity index (χ0v) is 14.0. The van der Waals surface area contributed by atoms with Gasteiger partial charge in [-0.3, -0.25) is 0 Å². The second-order valence-electron chi connectivity index (χ2n) is 7.97. The van der Waals surface area contributed by atoms with Gasteiger partial charge in [0.25, 0.3) is 0 Å². The van der Waals surface area contributed by atoms with Gasteiger partial charge >= 0.3 is 0 Å². The molecule has 0 amide bonds. The first-order valence-corrected chi connectivity index (χ1v) is 9.70. The van der Waals surface area contributed by atoms with Crippen LogP contribution < -0.4 is 0 Å². The van der Waals surface area contributed by atoms with Crippen LogP contribution in [0, 0.1) is 0 Å². The van der Waals surface area contributed by atoms with Crippen LogP contribution in [0.4, 0.5) is 0 Å². The number of hydrogen-bond acceptors (Lipinski definition) is 1. The van der Waals surface area contributed by atoms with Crippen molar-refractivity contribution < 1.29 is 0 Å². The summed E-state index contributed by atoms with van der Waals surface area (Å²) >= 11 is 0. The van der Waals surface area contributed by atoms with Crippen molar-refractivity contribution in [1.29, 1.82) is 0 Å². The van der Waals surface area contributed by atoms with Crippen molar-refractivity contribution in [3.63, 3.8) is 0 Å². The maximum atomic E-state index is 2.84. The molecule has 0 unspecified atom stereocenters. The van der Waals surface area contributed by atoms with Crippen molar-refractivity contribution in [3.05, 3.63) is 35.4 Å². The average Bonchev–Trinajstić information content (AvgIpc) is 2.86. The van der Waals surface area contributed by atoms with E-state index in [4.69, 9.17) is 0 Å². The molecule has 2 fully saturated rings. The van der Waals surface area contributed by atoms with Crippen LogP contribution in [0.25, 0.3) is 0 Å². The van der Waals surface area contributed by atoms with Gasteiger partial charge in [0.2, 0.25) is 0 Å². The Morgan fingerprint density at radius 2 is 1.55 bits per heavy atom. The quantitative estimate of drug-likeness (QED) is 0.698. The molecule has 1 aromatic carbocycles. The molecule has 1 spiro atoms. The summed E-state index contributed by atoms with van der Waals surface area (Å²) in [7, 11) is 0. The molecule has 1 saturated carbocycles. The molecule has 3 aliphatic rings. The van der Waals surface area contributed by atoms with Crippen molar-refractivity contribution in [1.82, 2.24) is 4.90 Å². The summed E-state index contributed by atoms with van der Waals surface area (Å²) in [4.78, 5) is 2.84. The third-order valence-electron chi connectivity index (χ3n) is 6.76. The monoisotopic (exact) mass is 297 g/mol. The predicted molar refractivity (Wildman–Crippen MR) is 93.4 cm³/mol. The van der Waals surface area contributed by atoms with Crippen LogP contribution >= 0.6 is 0 Å². The first kappa shape index (κ1) is 14.8. The lowest BCUT2D eigenvalue weighted by Gasteiger charge is -2.46. The largest absolute Gasteiger partial charge is 0.300 e. The smallest absolute Gasteiger partial charge is 0.00958 e. The highest BCUT2D eigenvalue weighted by Crippen LogP contribution is 2.48. The normalized spacial score (nSPS) is 33.4. The van der Waals surface area contributed by atoms with E-state index in [2.05, 4.69) is 29.2 Å². The highest BCUT2D eigenvalue weighted by atomic mass is 15.2. The minimum Gasteiger partial charge on any atom is -0.300 e. The first-order valence-electron chi connectivity index (χ1n) is 9.70. The maximum absolute atomic E-state index is 2.84. The maximum Gasteiger partial charge on any atom is 0.00958 e. The van der Waals surface area contributed by atoms with E-state index in [1.807, 2.05) is 0 Å². The summed E-state index contributed by atoms with van der Waals surface area (Å²) in [6.07, 6.45) is 15.7. The van der Waals surface area contributed by atoms with Crippen LogP contribution in [0.2, 0.25) is 0 Å². The van der Waals surface area contributed by atoms with Crippen LogP contribution in [-0.4, -0.2) is 24.0 Å². The summed E-state index contributed by atoms with van der Waals surface area (Å²) in [6.45, 7) is 2.74. The molecule has 0 aromatic heterocycles. The number of nitrogens with zero attached hydrogens (tertiary/aromatic N) is 1. The number of benzene rings is 1. The van der Waals surface area contributed by atoms with Gasteiger partial charge in [-0.1, -0.05) is 37.1 Å². The summed E-state index contributed by atoms with van der Waals surface area (Å²) < 4.78 is 0. The van der Waals surface area contributed by atoms with Crippen molar-refractivity contribution in [3.8, 4) is 0 Å². The molecule has 1 nitrogen and oxygen atoms in total. The lowest BCUT2D eigenvalue weighted by atomic mass is 9.61. The number of likely N-dealkylation sites (tertiary alicyclic amines) is 1.